The Morgan fingerprint density at radius 2 is 1.61 bits per heavy atom. The molecule has 1 aromatic heterocycles. The molecule has 0 saturated heterocycles. The molecule has 31 heavy (non-hydrogen) atoms. The number of furan rings is 1. The van der Waals surface area contributed by atoms with Crippen molar-refractivity contribution in [3.8, 4) is 0 Å². The largest absolute Gasteiger partial charge is 0.459 e. The summed E-state index contributed by atoms with van der Waals surface area (Å²) in [5.41, 5.74) is 1.30. The third-order valence-corrected chi connectivity index (χ3v) is 4.35. The average molecular weight is 420 g/mol. The molecule has 0 aliphatic heterocycles. The molecule has 0 radical (unpaired) electrons. The van der Waals surface area contributed by atoms with Crippen LogP contribution in [0.5, 0.6) is 0 Å². The Morgan fingerprint density at radius 3 is 2.26 bits per heavy atom. The van der Waals surface area contributed by atoms with Crippen molar-refractivity contribution in [3.05, 3.63) is 83.8 Å². The number of hydrogen-bond acceptors (Lipinski definition) is 6. The van der Waals surface area contributed by atoms with E-state index in [9.17, 15) is 19.2 Å². The highest BCUT2D eigenvalue weighted by molar-refractivity contribution is 6.07. The summed E-state index contributed by atoms with van der Waals surface area (Å²) >= 11 is 0. The van der Waals surface area contributed by atoms with Crippen molar-refractivity contribution < 1.29 is 28.3 Å². The first-order chi connectivity index (χ1) is 14.8. The molecule has 1 unspecified atom stereocenters. The summed E-state index contributed by atoms with van der Waals surface area (Å²) in [6, 6.07) is 15.7. The number of carbonyl (C=O) groups excluding carboxylic acids is 4. The van der Waals surface area contributed by atoms with Crippen LogP contribution in [0, 0.1) is 0 Å². The Hall–Kier alpha value is -4.20. The minimum atomic E-state index is -1.10. The molecule has 1 atom stereocenters. The first-order valence-electron chi connectivity index (χ1n) is 9.42. The molecule has 1 heterocycles. The lowest BCUT2D eigenvalue weighted by Gasteiger charge is -2.15. The predicted molar refractivity (Wildman–Crippen MR) is 113 cm³/mol. The summed E-state index contributed by atoms with van der Waals surface area (Å²) < 4.78 is 10.3. The number of esters is 1. The lowest BCUT2D eigenvalue weighted by molar-refractivity contribution is -0.123. The Morgan fingerprint density at radius 1 is 0.903 bits per heavy atom. The van der Waals surface area contributed by atoms with E-state index in [2.05, 4.69) is 10.6 Å². The van der Waals surface area contributed by atoms with E-state index in [4.69, 9.17) is 9.15 Å². The molecular formula is C23H20N2O6. The number of nitrogens with one attached hydrogen (secondary N) is 2. The standard InChI is InChI=1S/C23H20N2O6/c1-14(26)16-9-11-17(12-10-16)24-21(27)15(2)31-23(29)18-6-3-4-7-19(18)25-22(28)20-8-5-13-30-20/h3-13,15H,1-2H3,(H,24,27)(H,25,28). The summed E-state index contributed by atoms with van der Waals surface area (Å²) in [6.45, 7) is 2.88. The van der Waals surface area contributed by atoms with Crippen LogP contribution in [0.4, 0.5) is 11.4 Å². The molecule has 0 fully saturated rings. The van der Waals surface area contributed by atoms with E-state index in [1.54, 1.807) is 48.5 Å². The number of amides is 2. The maximum atomic E-state index is 12.6. The molecule has 158 valence electrons. The second-order valence-corrected chi connectivity index (χ2v) is 6.65. The smallest absolute Gasteiger partial charge is 0.341 e. The van der Waals surface area contributed by atoms with Gasteiger partial charge >= 0.3 is 5.97 Å². The number of para-hydroxylation sites is 1. The van der Waals surface area contributed by atoms with Crippen LogP contribution in [0.1, 0.15) is 45.1 Å². The van der Waals surface area contributed by atoms with E-state index in [0.717, 1.165) is 0 Å². The van der Waals surface area contributed by atoms with Gasteiger partial charge in [-0.3, -0.25) is 14.4 Å². The van der Waals surface area contributed by atoms with Gasteiger partial charge in [-0.05, 0) is 62.4 Å². The van der Waals surface area contributed by atoms with Crippen LogP contribution in [0.25, 0.3) is 0 Å². The second-order valence-electron chi connectivity index (χ2n) is 6.65. The fourth-order valence-electron chi connectivity index (χ4n) is 2.67. The molecule has 3 aromatic rings. The Kier molecular flexibility index (Phi) is 6.61. The fourth-order valence-corrected chi connectivity index (χ4v) is 2.67. The van der Waals surface area contributed by atoms with E-state index >= 15 is 0 Å². The van der Waals surface area contributed by atoms with Gasteiger partial charge in [-0.2, -0.15) is 0 Å². The molecule has 0 aliphatic carbocycles. The van der Waals surface area contributed by atoms with Crippen molar-refractivity contribution in [2.45, 2.75) is 20.0 Å². The zero-order chi connectivity index (χ0) is 22.4. The van der Waals surface area contributed by atoms with Crippen LogP contribution in [0.2, 0.25) is 0 Å². The van der Waals surface area contributed by atoms with E-state index in [1.165, 1.54) is 32.2 Å². The van der Waals surface area contributed by atoms with Crippen LogP contribution in [0.15, 0.2) is 71.3 Å². The topological polar surface area (TPSA) is 115 Å². The van der Waals surface area contributed by atoms with Gasteiger partial charge in [0, 0.05) is 11.3 Å². The Labute approximate surface area is 178 Å². The van der Waals surface area contributed by atoms with Gasteiger partial charge in [-0.25, -0.2) is 4.79 Å². The van der Waals surface area contributed by atoms with Crippen LogP contribution in [-0.2, 0) is 9.53 Å². The van der Waals surface area contributed by atoms with Crippen molar-refractivity contribution in [2.75, 3.05) is 10.6 Å². The van der Waals surface area contributed by atoms with Crippen molar-refractivity contribution in [2.24, 2.45) is 0 Å². The highest BCUT2D eigenvalue weighted by Gasteiger charge is 2.22. The van der Waals surface area contributed by atoms with Gasteiger partial charge in [0.15, 0.2) is 17.6 Å². The first-order valence-corrected chi connectivity index (χ1v) is 9.42. The number of hydrogen-bond donors (Lipinski definition) is 2. The number of Topliss-reactive ketones (excluding diaryl/α,β-unsaturated/α-hetero) is 1. The number of benzene rings is 2. The Balaban J connectivity index is 1.64. The van der Waals surface area contributed by atoms with Crippen LogP contribution >= 0.6 is 0 Å². The van der Waals surface area contributed by atoms with Gasteiger partial charge in [-0.1, -0.05) is 12.1 Å². The van der Waals surface area contributed by atoms with Gasteiger partial charge in [0.25, 0.3) is 11.8 Å². The predicted octanol–water partition coefficient (Wildman–Crippen LogP) is 3.92. The molecule has 8 nitrogen and oxygen atoms in total. The molecule has 0 spiro atoms. The SMILES string of the molecule is CC(=O)c1ccc(NC(=O)C(C)OC(=O)c2ccccc2NC(=O)c2ccco2)cc1. The lowest BCUT2D eigenvalue weighted by atomic mass is 10.1. The normalized spacial score (nSPS) is 11.3. The second kappa shape index (κ2) is 9.53. The minimum Gasteiger partial charge on any atom is -0.459 e. The Bertz CT molecular complexity index is 1100. The van der Waals surface area contributed by atoms with E-state index < -0.39 is 23.9 Å². The number of ketones is 1. The average Bonchev–Trinajstić information content (AvgIpc) is 3.29. The monoisotopic (exact) mass is 420 g/mol. The van der Waals surface area contributed by atoms with Gasteiger partial charge in [0.05, 0.1) is 17.5 Å². The lowest BCUT2D eigenvalue weighted by Crippen LogP contribution is -2.30. The number of carbonyl (C=O) groups is 4. The summed E-state index contributed by atoms with van der Waals surface area (Å²) in [4.78, 5) is 48.5. The summed E-state index contributed by atoms with van der Waals surface area (Å²) in [7, 11) is 0. The zero-order valence-electron chi connectivity index (χ0n) is 16.9. The van der Waals surface area contributed by atoms with Crippen molar-refractivity contribution in [3.63, 3.8) is 0 Å². The minimum absolute atomic E-state index is 0.0852. The molecule has 2 N–H and O–H groups in total. The van der Waals surface area contributed by atoms with Crippen molar-refractivity contribution in [1.82, 2.24) is 0 Å². The maximum absolute atomic E-state index is 12.6. The highest BCUT2D eigenvalue weighted by atomic mass is 16.5. The molecule has 2 amide bonds. The molecule has 0 aliphatic rings. The van der Waals surface area contributed by atoms with Crippen LogP contribution < -0.4 is 10.6 Å². The van der Waals surface area contributed by atoms with E-state index in [-0.39, 0.29) is 22.8 Å². The summed E-state index contributed by atoms with van der Waals surface area (Å²) in [6.07, 6.45) is 0.261. The third kappa shape index (κ3) is 5.45. The molecular weight excluding hydrogens is 400 g/mol. The van der Waals surface area contributed by atoms with Gasteiger partial charge in [0.2, 0.25) is 0 Å². The van der Waals surface area contributed by atoms with E-state index in [0.29, 0.717) is 11.3 Å². The highest BCUT2D eigenvalue weighted by Crippen LogP contribution is 2.19. The quantitative estimate of drug-likeness (QED) is 0.442. The fraction of sp³-hybridized carbons (Fsp3) is 0.130. The third-order valence-electron chi connectivity index (χ3n) is 4.35. The number of rotatable bonds is 7. The number of ether oxygens (including phenoxy) is 1. The van der Waals surface area contributed by atoms with Gasteiger partial charge in [-0.15, -0.1) is 0 Å². The van der Waals surface area contributed by atoms with Gasteiger partial charge in [0.1, 0.15) is 0 Å². The molecule has 8 heteroatoms. The van der Waals surface area contributed by atoms with Crippen LogP contribution in [-0.4, -0.2) is 29.7 Å². The van der Waals surface area contributed by atoms with E-state index in [1.807, 2.05) is 0 Å². The van der Waals surface area contributed by atoms with Crippen molar-refractivity contribution >= 4 is 34.9 Å². The van der Waals surface area contributed by atoms with Gasteiger partial charge < -0.3 is 19.8 Å². The molecule has 0 saturated carbocycles. The first kappa shape index (κ1) is 21.5. The zero-order valence-corrected chi connectivity index (χ0v) is 16.9. The summed E-state index contributed by atoms with van der Waals surface area (Å²) in [5.74, 6) is -1.83. The maximum Gasteiger partial charge on any atom is 0.341 e. The van der Waals surface area contributed by atoms with Crippen LogP contribution in [0.3, 0.4) is 0 Å². The molecule has 3 rings (SSSR count). The summed E-state index contributed by atoms with van der Waals surface area (Å²) in [5, 5.41) is 5.21. The number of anilines is 2. The molecule has 2 aromatic carbocycles. The molecule has 0 bridgehead atoms. The van der Waals surface area contributed by atoms with Crippen molar-refractivity contribution in [1.29, 1.82) is 0 Å².